The van der Waals surface area contributed by atoms with Crippen LogP contribution in [0.15, 0.2) is 24.7 Å². The maximum Gasteiger partial charge on any atom is 0.337 e. The normalized spacial score (nSPS) is 10.3. The van der Waals surface area contributed by atoms with Gasteiger partial charge in [0.05, 0.1) is 17.4 Å². The van der Waals surface area contributed by atoms with Gasteiger partial charge in [0.25, 0.3) is 0 Å². The van der Waals surface area contributed by atoms with E-state index in [0.717, 1.165) is 5.56 Å². The molecule has 2 rings (SSSR count). The number of anilines is 2. The molecule has 2 heterocycles. The molecule has 0 amide bonds. The molecule has 0 aromatic carbocycles. The molecule has 0 aliphatic rings. The highest BCUT2D eigenvalue weighted by molar-refractivity contribution is 5.96. The number of carboxylic acids is 1. The summed E-state index contributed by atoms with van der Waals surface area (Å²) in [5.41, 5.74) is 6.86. The summed E-state index contributed by atoms with van der Waals surface area (Å²) >= 11 is 0. The van der Waals surface area contributed by atoms with Gasteiger partial charge in [0.1, 0.15) is 5.82 Å². The lowest BCUT2D eigenvalue weighted by atomic mass is 10.2. The predicted octanol–water partition coefficient (Wildman–Crippen LogP) is 0.708. The van der Waals surface area contributed by atoms with Crippen molar-refractivity contribution in [3.8, 4) is 0 Å². The molecule has 7 heteroatoms. The number of aromatic carboxylic acids is 1. The van der Waals surface area contributed by atoms with Gasteiger partial charge in [-0.25, -0.2) is 9.78 Å². The Morgan fingerprint density at radius 1 is 1.61 bits per heavy atom. The first-order valence-electron chi connectivity index (χ1n) is 5.27. The van der Waals surface area contributed by atoms with Gasteiger partial charge in [0, 0.05) is 31.5 Å². The maximum absolute atomic E-state index is 10.9. The molecule has 2 aromatic heterocycles. The topological polar surface area (TPSA) is 106 Å². The number of nitrogens with two attached hydrogens (primary N) is 1. The van der Waals surface area contributed by atoms with Gasteiger partial charge in [-0.2, -0.15) is 5.10 Å². The summed E-state index contributed by atoms with van der Waals surface area (Å²) in [6.45, 7) is 0.480. The summed E-state index contributed by atoms with van der Waals surface area (Å²) in [4.78, 5) is 14.9. The minimum Gasteiger partial charge on any atom is -0.478 e. The molecule has 2 aromatic rings. The van der Waals surface area contributed by atoms with E-state index in [9.17, 15) is 4.79 Å². The number of nitrogen functional groups attached to an aromatic ring is 1. The Balaban J connectivity index is 2.14. The van der Waals surface area contributed by atoms with Crippen molar-refractivity contribution < 1.29 is 9.90 Å². The van der Waals surface area contributed by atoms with E-state index in [4.69, 9.17) is 10.8 Å². The van der Waals surface area contributed by atoms with Crippen LogP contribution in [0.2, 0.25) is 0 Å². The highest BCUT2D eigenvalue weighted by Crippen LogP contribution is 2.20. The molecule has 0 aliphatic heterocycles. The average molecular weight is 247 g/mol. The second-order valence-corrected chi connectivity index (χ2v) is 3.80. The Labute approximate surface area is 103 Å². The number of nitrogens with one attached hydrogen (secondary N) is 1. The minimum absolute atomic E-state index is 0.0405. The van der Waals surface area contributed by atoms with Crippen molar-refractivity contribution in [3.63, 3.8) is 0 Å². The zero-order chi connectivity index (χ0) is 13.1. The Morgan fingerprint density at radius 3 is 3.00 bits per heavy atom. The number of carbonyl (C=O) groups is 1. The Hall–Kier alpha value is -2.57. The van der Waals surface area contributed by atoms with Crippen molar-refractivity contribution in [3.05, 3.63) is 35.8 Å². The monoisotopic (exact) mass is 247 g/mol. The van der Waals surface area contributed by atoms with Gasteiger partial charge in [-0.15, -0.1) is 0 Å². The standard InChI is InChI=1S/C11H13N5O2/c1-16-6-7(5-15-16)4-14-10-9(12)8(11(17)18)2-3-13-10/h2-3,5-6H,4,12H2,1H3,(H,13,14)(H,17,18). The number of aryl methyl sites for hydroxylation is 1. The number of rotatable bonds is 4. The van der Waals surface area contributed by atoms with Crippen molar-refractivity contribution in [2.24, 2.45) is 7.05 Å². The summed E-state index contributed by atoms with van der Waals surface area (Å²) in [7, 11) is 1.82. The van der Waals surface area contributed by atoms with Gasteiger partial charge in [-0.1, -0.05) is 0 Å². The van der Waals surface area contributed by atoms with Crippen molar-refractivity contribution in [2.75, 3.05) is 11.1 Å². The summed E-state index contributed by atoms with van der Waals surface area (Å²) in [6, 6.07) is 1.37. The van der Waals surface area contributed by atoms with Crippen LogP contribution in [0.5, 0.6) is 0 Å². The van der Waals surface area contributed by atoms with E-state index in [1.165, 1.54) is 12.3 Å². The fourth-order valence-corrected chi connectivity index (χ4v) is 1.55. The van der Waals surface area contributed by atoms with E-state index < -0.39 is 5.97 Å². The molecule has 0 fully saturated rings. The summed E-state index contributed by atoms with van der Waals surface area (Å²) in [5, 5.41) is 15.9. The Bertz CT molecular complexity index is 579. The molecule has 0 saturated carbocycles. The van der Waals surface area contributed by atoms with Gasteiger partial charge in [-0.3, -0.25) is 4.68 Å². The predicted molar refractivity (Wildman–Crippen MR) is 66.1 cm³/mol. The van der Waals surface area contributed by atoms with Crippen LogP contribution >= 0.6 is 0 Å². The molecule has 0 atom stereocenters. The van der Waals surface area contributed by atoms with Crippen LogP contribution in [0, 0.1) is 0 Å². The average Bonchev–Trinajstić information content (AvgIpc) is 2.73. The van der Waals surface area contributed by atoms with Gasteiger partial charge < -0.3 is 16.2 Å². The van der Waals surface area contributed by atoms with E-state index in [2.05, 4.69) is 15.4 Å². The van der Waals surface area contributed by atoms with Gasteiger partial charge in [-0.05, 0) is 6.07 Å². The molecule has 0 saturated heterocycles. The van der Waals surface area contributed by atoms with Gasteiger partial charge in [0.2, 0.25) is 0 Å². The molecular weight excluding hydrogens is 234 g/mol. The molecule has 4 N–H and O–H groups in total. The summed E-state index contributed by atoms with van der Waals surface area (Å²) in [5.74, 6) is -0.710. The van der Waals surface area contributed by atoms with Crippen LogP contribution in [0.1, 0.15) is 15.9 Å². The van der Waals surface area contributed by atoms with Crippen molar-refractivity contribution in [1.29, 1.82) is 0 Å². The molecule has 0 aliphatic carbocycles. The van der Waals surface area contributed by atoms with E-state index in [1.807, 2.05) is 13.2 Å². The number of hydrogen-bond donors (Lipinski definition) is 3. The summed E-state index contributed by atoms with van der Waals surface area (Å²) in [6.07, 6.45) is 4.97. The quantitative estimate of drug-likeness (QED) is 0.734. The molecular formula is C11H13N5O2. The van der Waals surface area contributed by atoms with Crippen LogP contribution in [0.25, 0.3) is 0 Å². The lowest BCUT2D eigenvalue weighted by molar-refractivity contribution is 0.0698. The third-order valence-corrected chi connectivity index (χ3v) is 2.44. The van der Waals surface area contributed by atoms with Crippen LogP contribution in [-0.4, -0.2) is 25.8 Å². The van der Waals surface area contributed by atoms with Crippen LogP contribution in [0.3, 0.4) is 0 Å². The number of nitrogens with zero attached hydrogens (tertiary/aromatic N) is 3. The molecule has 18 heavy (non-hydrogen) atoms. The summed E-state index contributed by atoms with van der Waals surface area (Å²) < 4.78 is 1.68. The van der Waals surface area contributed by atoms with Gasteiger partial charge >= 0.3 is 5.97 Å². The van der Waals surface area contributed by atoms with E-state index in [0.29, 0.717) is 12.4 Å². The van der Waals surface area contributed by atoms with Crippen molar-refractivity contribution in [1.82, 2.24) is 14.8 Å². The van der Waals surface area contributed by atoms with Crippen LogP contribution in [-0.2, 0) is 13.6 Å². The fourth-order valence-electron chi connectivity index (χ4n) is 1.55. The first-order chi connectivity index (χ1) is 8.58. The highest BCUT2D eigenvalue weighted by atomic mass is 16.4. The first kappa shape index (κ1) is 11.9. The van der Waals surface area contributed by atoms with Crippen LogP contribution < -0.4 is 11.1 Å². The van der Waals surface area contributed by atoms with Crippen molar-refractivity contribution >= 4 is 17.5 Å². The van der Waals surface area contributed by atoms with E-state index in [1.54, 1.807) is 10.9 Å². The lowest BCUT2D eigenvalue weighted by Crippen LogP contribution is -2.09. The third kappa shape index (κ3) is 2.40. The highest BCUT2D eigenvalue weighted by Gasteiger charge is 2.11. The molecule has 7 nitrogen and oxygen atoms in total. The SMILES string of the molecule is Cn1cc(CNc2nccc(C(=O)O)c2N)cn1. The second-order valence-electron chi connectivity index (χ2n) is 3.80. The third-order valence-electron chi connectivity index (χ3n) is 2.44. The molecule has 0 bridgehead atoms. The number of hydrogen-bond acceptors (Lipinski definition) is 5. The number of carboxylic acid groups (broad SMARTS) is 1. The second kappa shape index (κ2) is 4.74. The van der Waals surface area contributed by atoms with Crippen molar-refractivity contribution in [2.45, 2.75) is 6.54 Å². The zero-order valence-electron chi connectivity index (χ0n) is 9.79. The minimum atomic E-state index is -1.07. The lowest BCUT2D eigenvalue weighted by Gasteiger charge is -2.08. The molecule has 0 unspecified atom stereocenters. The maximum atomic E-state index is 10.9. The molecule has 0 radical (unpaired) electrons. The number of pyridine rings is 1. The fraction of sp³-hybridized carbons (Fsp3) is 0.182. The van der Waals surface area contributed by atoms with E-state index in [-0.39, 0.29) is 11.3 Å². The number of aromatic nitrogens is 3. The largest absolute Gasteiger partial charge is 0.478 e. The first-order valence-corrected chi connectivity index (χ1v) is 5.27. The van der Waals surface area contributed by atoms with E-state index >= 15 is 0 Å². The molecule has 0 spiro atoms. The van der Waals surface area contributed by atoms with Crippen LogP contribution in [0.4, 0.5) is 11.5 Å². The smallest absolute Gasteiger partial charge is 0.337 e. The molecule has 94 valence electrons. The Morgan fingerprint density at radius 2 is 2.39 bits per heavy atom. The van der Waals surface area contributed by atoms with Gasteiger partial charge in [0.15, 0.2) is 0 Å². The Kier molecular flexibility index (Phi) is 3.13. The zero-order valence-corrected chi connectivity index (χ0v) is 9.79.